The molecule has 1 amide bonds. The molecule has 2 rings (SSSR count). The maximum absolute atomic E-state index is 13.1. The number of rotatable bonds is 5. The third kappa shape index (κ3) is 3.96. The highest BCUT2D eigenvalue weighted by molar-refractivity contribution is 5.95. The lowest BCUT2D eigenvalue weighted by Crippen LogP contribution is -2.31. The molecule has 130 valence electrons. The first kappa shape index (κ1) is 18.0. The third-order valence-electron chi connectivity index (χ3n) is 3.69. The first-order chi connectivity index (χ1) is 11.2. The van der Waals surface area contributed by atoms with Crippen molar-refractivity contribution in [3.8, 4) is 0 Å². The lowest BCUT2D eigenvalue weighted by molar-refractivity contribution is -0.138. The van der Waals surface area contributed by atoms with Crippen LogP contribution in [0.2, 0.25) is 0 Å². The van der Waals surface area contributed by atoms with Crippen LogP contribution >= 0.6 is 0 Å². The van der Waals surface area contributed by atoms with Gasteiger partial charge in [0, 0.05) is 30.9 Å². The Balaban J connectivity index is 2.26. The van der Waals surface area contributed by atoms with Gasteiger partial charge in [-0.15, -0.1) is 0 Å². The highest BCUT2D eigenvalue weighted by Gasteiger charge is 2.35. The summed E-state index contributed by atoms with van der Waals surface area (Å²) in [6, 6.07) is 5.04. The monoisotopic (exact) mass is 339 g/mol. The number of amides is 1. The molecule has 0 saturated carbocycles. The van der Waals surface area contributed by atoms with E-state index in [0.717, 1.165) is 11.6 Å². The van der Waals surface area contributed by atoms with E-state index < -0.39 is 17.6 Å². The Morgan fingerprint density at radius 2 is 1.96 bits per heavy atom. The zero-order valence-electron chi connectivity index (χ0n) is 13.8. The summed E-state index contributed by atoms with van der Waals surface area (Å²) in [4.78, 5) is 14.0. The fourth-order valence-corrected chi connectivity index (χ4v) is 2.38. The average Bonchev–Trinajstić information content (AvgIpc) is 3.00. The second kappa shape index (κ2) is 7.07. The van der Waals surface area contributed by atoms with Crippen LogP contribution in [0.15, 0.2) is 36.7 Å². The zero-order valence-corrected chi connectivity index (χ0v) is 13.8. The topological polar surface area (TPSA) is 38.1 Å². The summed E-state index contributed by atoms with van der Waals surface area (Å²) in [5, 5.41) is 4.19. The molecule has 0 aliphatic rings. The summed E-state index contributed by atoms with van der Waals surface area (Å²) < 4.78 is 41.1. The normalized spacial score (nSPS) is 11.8. The minimum Gasteiger partial charge on any atom is -0.334 e. The maximum atomic E-state index is 13.1. The number of aromatic nitrogens is 2. The zero-order chi connectivity index (χ0) is 17.9. The molecule has 24 heavy (non-hydrogen) atoms. The Bertz CT molecular complexity index is 707. The summed E-state index contributed by atoms with van der Waals surface area (Å²) in [6.07, 6.45) is -1.13. The van der Waals surface area contributed by atoms with E-state index in [9.17, 15) is 18.0 Å². The average molecular weight is 339 g/mol. The van der Waals surface area contributed by atoms with Crippen LogP contribution in [0.4, 0.5) is 13.2 Å². The van der Waals surface area contributed by atoms with E-state index in [2.05, 4.69) is 5.10 Å². The van der Waals surface area contributed by atoms with Gasteiger partial charge in [-0.05, 0) is 32.9 Å². The van der Waals surface area contributed by atoms with E-state index >= 15 is 0 Å². The van der Waals surface area contributed by atoms with Gasteiger partial charge in [-0.1, -0.05) is 12.1 Å². The summed E-state index contributed by atoms with van der Waals surface area (Å²) >= 11 is 0. The molecule has 0 aliphatic carbocycles. The van der Waals surface area contributed by atoms with Crippen LogP contribution in [0.3, 0.4) is 0 Å². The summed E-state index contributed by atoms with van der Waals surface area (Å²) in [5.41, 5.74) is -0.460. The Labute approximate surface area is 138 Å². The highest BCUT2D eigenvalue weighted by Crippen LogP contribution is 2.32. The van der Waals surface area contributed by atoms with E-state index in [-0.39, 0.29) is 18.2 Å². The van der Waals surface area contributed by atoms with Crippen LogP contribution in [-0.4, -0.2) is 27.1 Å². The van der Waals surface area contributed by atoms with Gasteiger partial charge in [-0.25, -0.2) is 0 Å². The first-order valence-electron chi connectivity index (χ1n) is 7.72. The Morgan fingerprint density at radius 1 is 1.29 bits per heavy atom. The standard InChI is InChI=1S/C17H20F3N3O/c1-4-22(10-13-9-21-23(11-13)12(2)3)16(24)14-7-5-6-8-15(14)17(18,19)20/h5-9,11-12H,4,10H2,1-3H3. The van der Waals surface area contributed by atoms with E-state index in [1.54, 1.807) is 24.0 Å². The van der Waals surface area contributed by atoms with Gasteiger partial charge in [0.25, 0.3) is 5.91 Å². The van der Waals surface area contributed by atoms with Crippen LogP contribution in [0.1, 0.15) is 48.3 Å². The quantitative estimate of drug-likeness (QED) is 0.821. The van der Waals surface area contributed by atoms with Gasteiger partial charge >= 0.3 is 6.18 Å². The number of carbonyl (C=O) groups is 1. The summed E-state index contributed by atoms with van der Waals surface area (Å²) in [6.45, 7) is 6.20. The van der Waals surface area contributed by atoms with Crippen molar-refractivity contribution in [3.05, 3.63) is 53.3 Å². The van der Waals surface area contributed by atoms with Gasteiger partial charge in [0.2, 0.25) is 0 Å². The van der Waals surface area contributed by atoms with E-state index in [1.165, 1.54) is 23.1 Å². The Hall–Kier alpha value is -2.31. The molecular formula is C17H20F3N3O. The van der Waals surface area contributed by atoms with Gasteiger partial charge in [0.1, 0.15) is 0 Å². The molecule has 0 bridgehead atoms. The molecule has 1 aromatic heterocycles. The van der Waals surface area contributed by atoms with Crippen molar-refractivity contribution in [1.82, 2.24) is 14.7 Å². The van der Waals surface area contributed by atoms with Crippen molar-refractivity contribution < 1.29 is 18.0 Å². The number of hydrogen-bond donors (Lipinski definition) is 0. The Morgan fingerprint density at radius 3 is 2.50 bits per heavy atom. The number of halogens is 3. The third-order valence-corrected chi connectivity index (χ3v) is 3.69. The van der Waals surface area contributed by atoms with Crippen molar-refractivity contribution in [3.63, 3.8) is 0 Å². The van der Waals surface area contributed by atoms with Crippen LogP contribution in [0.5, 0.6) is 0 Å². The molecule has 1 aromatic carbocycles. The first-order valence-corrected chi connectivity index (χ1v) is 7.72. The summed E-state index contributed by atoms with van der Waals surface area (Å²) in [7, 11) is 0. The molecule has 0 unspecified atom stereocenters. The molecule has 0 atom stereocenters. The minimum absolute atomic E-state index is 0.176. The molecule has 0 radical (unpaired) electrons. The molecule has 1 heterocycles. The van der Waals surface area contributed by atoms with Gasteiger partial charge in [0.05, 0.1) is 17.3 Å². The van der Waals surface area contributed by atoms with Gasteiger partial charge in [-0.2, -0.15) is 18.3 Å². The number of alkyl halides is 3. The van der Waals surface area contributed by atoms with E-state index in [4.69, 9.17) is 0 Å². The van der Waals surface area contributed by atoms with Gasteiger partial charge in [-0.3, -0.25) is 9.48 Å². The fourth-order valence-electron chi connectivity index (χ4n) is 2.38. The fraction of sp³-hybridized carbons (Fsp3) is 0.412. The van der Waals surface area contributed by atoms with Crippen molar-refractivity contribution in [1.29, 1.82) is 0 Å². The second-order valence-corrected chi connectivity index (χ2v) is 5.79. The second-order valence-electron chi connectivity index (χ2n) is 5.79. The van der Waals surface area contributed by atoms with Crippen LogP contribution < -0.4 is 0 Å². The highest BCUT2D eigenvalue weighted by atomic mass is 19.4. The molecule has 0 fully saturated rings. The minimum atomic E-state index is -4.56. The number of nitrogens with zero attached hydrogens (tertiary/aromatic N) is 3. The lowest BCUT2D eigenvalue weighted by Gasteiger charge is -2.22. The van der Waals surface area contributed by atoms with Gasteiger partial charge in [0.15, 0.2) is 0 Å². The van der Waals surface area contributed by atoms with Gasteiger partial charge < -0.3 is 4.90 Å². The van der Waals surface area contributed by atoms with Crippen molar-refractivity contribution >= 4 is 5.91 Å². The van der Waals surface area contributed by atoms with Crippen LogP contribution in [0, 0.1) is 0 Å². The van der Waals surface area contributed by atoms with Crippen LogP contribution in [0.25, 0.3) is 0 Å². The maximum Gasteiger partial charge on any atom is 0.417 e. The molecule has 4 nitrogen and oxygen atoms in total. The summed E-state index contributed by atoms with van der Waals surface area (Å²) in [5.74, 6) is -0.636. The Kier molecular flexibility index (Phi) is 5.31. The number of carbonyl (C=O) groups excluding carboxylic acids is 1. The molecule has 2 aromatic rings. The van der Waals surface area contributed by atoms with Crippen molar-refractivity contribution in [2.24, 2.45) is 0 Å². The van der Waals surface area contributed by atoms with E-state index in [0.29, 0.717) is 6.54 Å². The predicted molar refractivity (Wildman–Crippen MR) is 84.5 cm³/mol. The van der Waals surface area contributed by atoms with Crippen molar-refractivity contribution in [2.75, 3.05) is 6.54 Å². The largest absolute Gasteiger partial charge is 0.417 e. The number of hydrogen-bond acceptors (Lipinski definition) is 2. The van der Waals surface area contributed by atoms with E-state index in [1.807, 2.05) is 13.8 Å². The molecule has 0 spiro atoms. The predicted octanol–water partition coefficient (Wildman–Crippen LogP) is 4.15. The number of benzene rings is 1. The molecule has 0 saturated heterocycles. The van der Waals surface area contributed by atoms with Crippen molar-refractivity contribution in [2.45, 2.75) is 39.5 Å². The lowest BCUT2D eigenvalue weighted by atomic mass is 10.1. The SMILES string of the molecule is CCN(Cc1cnn(C(C)C)c1)C(=O)c1ccccc1C(F)(F)F. The molecule has 7 heteroatoms. The van der Waals surface area contributed by atoms with Crippen LogP contribution in [-0.2, 0) is 12.7 Å². The molecule has 0 N–H and O–H groups in total. The molecule has 0 aliphatic heterocycles. The smallest absolute Gasteiger partial charge is 0.334 e. The molecular weight excluding hydrogens is 319 g/mol.